The van der Waals surface area contributed by atoms with Gasteiger partial charge in [0.25, 0.3) is 0 Å². The summed E-state index contributed by atoms with van der Waals surface area (Å²) >= 11 is 0. The molecule has 0 spiro atoms. The van der Waals surface area contributed by atoms with Crippen molar-refractivity contribution in [3.05, 3.63) is 249 Å². The summed E-state index contributed by atoms with van der Waals surface area (Å²) in [6, 6.07) is 71.9. The largest absolute Gasteiger partial charge is 0.0716 e. The van der Waals surface area contributed by atoms with Gasteiger partial charge in [-0.05, 0) is 124 Å². The first-order chi connectivity index (χ1) is 30.7. The van der Waals surface area contributed by atoms with Crippen molar-refractivity contribution in [2.75, 3.05) is 0 Å². The van der Waals surface area contributed by atoms with Gasteiger partial charge in [-0.25, -0.2) is 0 Å². The summed E-state index contributed by atoms with van der Waals surface area (Å²) in [7, 11) is 0. The minimum atomic E-state index is -0.517. The third-order valence-electron chi connectivity index (χ3n) is 15.0. The molecule has 0 aliphatic heterocycles. The molecule has 0 amide bonds. The first-order valence-electron chi connectivity index (χ1n) is 23.5. The van der Waals surface area contributed by atoms with Crippen LogP contribution < -0.4 is 0 Å². The maximum absolute atomic E-state index is 2.59. The van der Waals surface area contributed by atoms with Crippen LogP contribution in [0.3, 0.4) is 0 Å². The topological polar surface area (TPSA) is 0 Å². The lowest BCUT2D eigenvalue weighted by atomic mass is 9.63. The van der Waals surface area contributed by atoms with Crippen molar-refractivity contribution in [3.63, 3.8) is 0 Å². The van der Waals surface area contributed by atoms with Crippen molar-refractivity contribution in [2.24, 2.45) is 0 Å². The van der Waals surface area contributed by atoms with E-state index in [1.807, 2.05) is 0 Å². The molecule has 0 saturated heterocycles. The first kappa shape index (κ1) is 41.8. The van der Waals surface area contributed by atoms with Crippen molar-refractivity contribution < 1.29 is 0 Å². The van der Waals surface area contributed by atoms with Crippen LogP contribution in [0, 0.1) is 0 Å². The van der Waals surface area contributed by atoms with Gasteiger partial charge in [0.2, 0.25) is 0 Å². The monoisotopic (exact) mass is 830 g/mol. The average molecular weight is 831 g/mol. The lowest BCUT2D eigenvalue weighted by Crippen LogP contribution is -2.32. The Bertz CT molecular complexity index is 2950. The highest BCUT2D eigenvalue weighted by Gasteiger charge is 2.50. The Morgan fingerprint density at radius 3 is 1.66 bits per heavy atom. The summed E-state index contributed by atoms with van der Waals surface area (Å²) in [5.74, 6) is 0.392. The predicted molar refractivity (Wildman–Crippen MR) is 272 cm³/mol. The molecule has 2 unspecified atom stereocenters. The first-order valence-corrected chi connectivity index (χ1v) is 23.5. The average Bonchev–Trinajstić information content (AvgIpc) is 3.73. The second-order valence-corrected chi connectivity index (χ2v) is 21.3. The fourth-order valence-electron chi connectivity index (χ4n) is 11.6. The SMILES string of the molecule is CC(c1ccc(-c2ccccc2)cc1)C(Cc1ccc2c(c1)C(C)(C)c1ccccc1-2)c1cccc2c1-c1cc(C(C)(C)C)cc(C(C)(C)C)c1C2(c1ccccc1)c1ccccc1. The van der Waals surface area contributed by atoms with E-state index in [1.165, 1.54) is 94.6 Å². The molecule has 64 heavy (non-hydrogen) atoms. The van der Waals surface area contributed by atoms with Gasteiger partial charge in [-0.3, -0.25) is 0 Å². The molecule has 0 heteroatoms. The van der Waals surface area contributed by atoms with E-state index >= 15 is 0 Å². The van der Waals surface area contributed by atoms with Crippen molar-refractivity contribution in [3.8, 4) is 33.4 Å². The van der Waals surface area contributed by atoms with Crippen LogP contribution in [0.1, 0.15) is 135 Å². The highest BCUT2D eigenvalue weighted by Crippen LogP contribution is 2.61. The van der Waals surface area contributed by atoms with Gasteiger partial charge < -0.3 is 0 Å². The van der Waals surface area contributed by atoms with Crippen molar-refractivity contribution in [1.29, 1.82) is 0 Å². The van der Waals surface area contributed by atoms with Crippen LogP contribution in [0.2, 0.25) is 0 Å². The van der Waals surface area contributed by atoms with Gasteiger partial charge in [0.15, 0.2) is 0 Å². The lowest BCUT2D eigenvalue weighted by molar-refractivity contribution is 0.557. The van der Waals surface area contributed by atoms with E-state index in [9.17, 15) is 0 Å². The lowest BCUT2D eigenvalue weighted by Gasteiger charge is -2.38. The molecule has 318 valence electrons. The van der Waals surface area contributed by atoms with Gasteiger partial charge in [0, 0.05) is 5.41 Å². The molecule has 0 heterocycles. The molecule has 0 fully saturated rings. The molecule has 8 aromatic rings. The highest BCUT2D eigenvalue weighted by molar-refractivity contribution is 5.91. The minimum absolute atomic E-state index is 0.0448. The fourth-order valence-corrected chi connectivity index (χ4v) is 11.6. The summed E-state index contributed by atoms with van der Waals surface area (Å²) in [4.78, 5) is 0. The molecular formula is C64H62. The third-order valence-corrected chi connectivity index (χ3v) is 15.0. The summed E-state index contributed by atoms with van der Waals surface area (Å²) in [6.07, 6.45) is 0.919. The van der Waals surface area contributed by atoms with Crippen molar-refractivity contribution in [2.45, 2.75) is 102 Å². The maximum Gasteiger partial charge on any atom is 0.0716 e. The normalized spacial score (nSPS) is 15.5. The van der Waals surface area contributed by atoms with E-state index in [2.05, 4.69) is 250 Å². The second kappa shape index (κ2) is 15.5. The Balaban J connectivity index is 1.25. The molecule has 0 saturated carbocycles. The number of benzene rings is 8. The molecule has 2 atom stereocenters. The van der Waals surface area contributed by atoms with E-state index in [1.54, 1.807) is 0 Å². The Morgan fingerprint density at radius 2 is 1.03 bits per heavy atom. The molecule has 0 N–H and O–H groups in total. The Hall–Kier alpha value is -6.24. The molecular weight excluding hydrogens is 769 g/mol. The zero-order chi connectivity index (χ0) is 44.6. The summed E-state index contributed by atoms with van der Waals surface area (Å²) in [5, 5.41) is 0. The van der Waals surface area contributed by atoms with Crippen molar-refractivity contribution >= 4 is 0 Å². The maximum atomic E-state index is 2.59. The van der Waals surface area contributed by atoms with Crippen LogP contribution in [0.15, 0.2) is 188 Å². The van der Waals surface area contributed by atoms with Gasteiger partial charge >= 0.3 is 0 Å². The van der Waals surface area contributed by atoms with Gasteiger partial charge in [-0.1, -0.05) is 250 Å². The molecule has 10 rings (SSSR count). The predicted octanol–water partition coefficient (Wildman–Crippen LogP) is 16.7. The van der Waals surface area contributed by atoms with Crippen LogP contribution >= 0.6 is 0 Å². The highest BCUT2D eigenvalue weighted by atomic mass is 14.5. The van der Waals surface area contributed by atoms with E-state index in [4.69, 9.17) is 0 Å². The van der Waals surface area contributed by atoms with E-state index in [0.29, 0.717) is 0 Å². The van der Waals surface area contributed by atoms with Gasteiger partial charge in [0.05, 0.1) is 5.41 Å². The Labute approximate surface area is 383 Å². The van der Waals surface area contributed by atoms with Crippen LogP contribution in [0.5, 0.6) is 0 Å². The fraction of sp³-hybridized carbons (Fsp3) is 0.250. The summed E-state index contributed by atoms with van der Waals surface area (Å²) in [6.45, 7) is 21.7. The van der Waals surface area contributed by atoms with Gasteiger partial charge in [0.1, 0.15) is 0 Å². The molecule has 0 nitrogen and oxygen atoms in total. The summed E-state index contributed by atoms with van der Waals surface area (Å²) in [5.41, 5.74) is 22.6. The number of hydrogen-bond donors (Lipinski definition) is 0. The molecule has 2 aliphatic rings. The van der Waals surface area contributed by atoms with Crippen molar-refractivity contribution in [1.82, 2.24) is 0 Å². The van der Waals surface area contributed by atoms with Gasteiger partial charge in [-0.2, -0.15) is 0 Å². The Morgan fingerprint density at radius 1 is 0.469 bits per heavy atom. The van der Waals surface area contributed by atoms with Crippen LogP contribution in [0.4, 0.5) is 0 Å². The number of rotatable bonds is 8. The quantitative estimate of drug-likeness (QED) is 0.143. The zero-order valence-corrected chi connectivity index (χ0v) is 39.3. The van der Waals surface area contributed by atoms with E-state index in [-0.39, 0.29) is 28.1 Å². The van der Waals surface area contributed by atoms with Crippen LogP contribution in [0.25, 0.3) is 33.4 Å². The van der Waals surface area contributed by atoms with Gasteiger partial charge in [-0.15, -0.1) is 0 Å². The second-order valence-electron chi connectivity index (χ2n) is 21.3. The number of hydrogen-bond acceptors (Lipinski definition) is 0. The Kier molecular flexibility index (Phi) is 10.1. The molecule has 8 aromatic carbocycles. The third kappa shape index (κ3) is 6.72. The minimum Gasteiger partial charge on any atom is -0.0622 e. The van der Waals surface area contributed by atoms with E-state index in [0.717, 1.165) is 6.42 Å². The summed E-state index contributed by atoms with van der Waals surface area (Å²) < 4.78 is 0. The zero-order valence-electron chi connectivity index (χ0n) is 39.3. The van der Waals surface area contributed by atoms with E-state index < -0.39 is 5.41 Å². The molecule has 0 bridgehead atoms. The molecule has 2 aliphatic carbocycles. The molecule has 0 aromatic heterocycles. The standard InChI is InChI=1S/C64H62/c1-42(44-33-35-46(36-34-44)45-22-13-10-14-23-45)53(38-43-32-37-51-50-28-19-20-30-55(50)63(8,9)57(51)39-43)52-29-21-31-56-59(52)54-40-49(61(2,3)4)41-58(62(5,6)7)60(54)64(56,47-24-15-11-16-25-47)48-26-17-12-18-27-48/h10-37,39-42,53H,38H2,1-9H3. The molecule has 0 radical (unpaired) electrons. The van der Waals surface area contributed by atoms with Crippen LogP contribution in [-0.4, -0.2) is 0 Å². The smallest absolute Gasteiger partial charge is 0.0622 e. The van der Waals surface area contributed by atoms with Crippen LogP contribution in [-0.2, 0) is 28.1 Å². The number of fused-ring (bicyclic) bond motifs is 6.